The van der Waals surface area contributed by atoms with Gasteiger partial charge in [-0.2, -0.15) is 0 Å². The van der Waals surface area contributed by atoms with Gasteiger partial charge in [0.25, 0.3) is 0 Å². The van der Waals surface area contributed by atoms with Crippen LogP contribution in [0.3, 0.4) is 0 Å². The zero-order valence-electron chi connectivity index (χ0n) is 8.95. The van der Waals surface area contributed by atoms with Gasteiger partial charge in [0.1, 0.15) is 0 Å². The summed E-state index contributed by atoms with van der Waals surface area (Å²) in [5, 5.41) is 1.62. The molecule has 0 saturated carbocycles. The molecule has 0 fully saturated rings. The van der Waals surface area contributed by atoms with Crippen LogP contribution in [0.25, 0.3) is 0 Å². The Hall–Kier alpha value is -0.0131. The van der Waals surface area contributed by atoms with Gasteiger partial charge < -0.3 is 13.3 Å². The zero-order chi connectivity index (χ0) is 10.9. The molecular formula is C8H18O4SSi. The summed E-state index contributed by atoms with van der Waals surface area (Å²) in [5.41, 5.74) is 0. The number of hydrogen-bond donors (Lipinski definition) is 0. The SMILES string of the molecule is CCO[Si](C)(OC)OCCCC=S=O. The van der Waals surface area contributed by atoms with Gasteiger partial charge in [0.05, 0.1) is 11.3 Å². The summed E-state index contributed by atoms with van der Waals surface area (Å²) in [6.07, 6.45) is 1.59. The van der Waals surface area contributed by atoms with E-state index < -0.39 is 8.80 Å². The van der Waals surface area contributed by atoms with Crippen LogP contribution in [0, 0.1) is 0 Å². The standard InChI is InChI=1S/C8H18O4SSi/c1-4-11-14(3,10-2)12-7-5-6-8-13-9/h8H,4-7H2,1-3H3. The van der Waals surface area contributed by atoms with Crippen LogP contribution in [0.1, 0.15) is 19.8 Å². The summed E-state index contributed by atoms with van der Waals surface area (Å²) >= 11 is 0.494. The highest BCUT2D eigenvalue weighted by Gasteiger charge is 2.32. The molecule has 0 rings (SSSR count). The van der Waals surface area contributed by atoms with Crippen molar-refractivity contribution < 1.29 is 17.5 Å². The van der Waals surface area contributed by atoms with Crippen LogP contribution >= 0.6 is 0 Å². The van der Waals surface area contributed by atoms with Crippen LogP contribution < -0.4 is 0 Å². The van der Waals surface area contributed by atoms with Gasteiger partial charge in [-0.3, -0.25) is 0 Å². The Balaban J connectivity index is 3.66. The van der Waals surface area contributed by atoms with Crippen molar-refractivity contribution in [2.24, 2.45) is 0 Å². The lowest BCUT2D eigenvalue weighted by Crippen LogP contribution is -2.41. The molecule has 14 heavy (non-hydrogen) atoms. The van der Waals surface area contributed by atoms with Gasteiger partial charge in [-0.05, 0) is 19.8 Å². The van der Waals surface area contributed by atoms with Crippen LogP contribution in [0.15, 0.2) is 0 Å². The van der Waals surface area contributed by atoms with Crippen LogP contribution in [0.5, 0.6) is 0 Å². The monoisotopic (exact) mass is 238 g/mol. The summed E-state index contributed by atoms with van der Waals surface area (Å²) in [4.78, 5) is 0. The van der Waals surface area contributed by atoms with Gasteiger partial charge >= 0.3 is 8.80 Å². The predicted molar refractivity (Wildman–Crippen MR) is 59.6 cm³/mol. The minimum absolute atomic E-state index is 0.494. The first kappa shape index (κ1) is 14.0. The molecule has 0 aromatic rings. The highest BCUT2D eigenvalue weighted by Crippen LogP contribution is 2.08. The molecule has 1 atom stereocenters. The summed E-state index contributed by atoms with van der Waals surface area (Å²) in [7, 11) is -0.784. The maximum atomic E-state index is 10.0. The van der Waals surface area contributed by atoms with Crippen LogP contribution in [-0.4, -0.2) is 38.7 Å². The fourth-order valence-electron chi connectivity index (χ4n) is 0.894. The predicted octanol–water partition coefficient (Wildman–Crippen LogP) is 1.05. The van der Waals surface area contributed by atoms with Crippen molar-refractivity contribution in [2.45, 2.75) is 26.3 Å². The molecule has 0 amide bonds. The van der Waals surface area contributed by atoms with E-state index in [1.807, 2.05) is 13.5 Å². The van der Waals surface area contributed by atoms with Gasteiger partial charge in [0, 0.05) is 32.2 Å². The van der Waals surface area contributed by atoms with Crippen molar-refractivity contribution in [1.82, 2.24) is 0 Å². The quantitative estimate of drug-likeness (QED) is 0.360. The summed E-state index contributed by atoms with van der Waals surface area (Å²) in [6, 6.07) is 0. The molecule has 0 aliphatic carbocycles. The van der Waals surface area contributed by atoms with Gasteiger partial charge in [-0.15, -0.1) is 0 Å². The van der Waals surface area contributed by atoms with Crippen molar-refractivity contribution in [3.05, 3.63) is 0 Å². The third-order valence-corrected chi connectivity index (χ3v) is 4.33. The summed E-state index contributed by atoms with van der Waals surface area (Å²) in [5.74, 6) is 0. The molecule has 6 heteroatoms. The second kappa shape index (κ2) is 8.31. The number of hydrogen-bond acceptors (Lipinski definition) is 4. The smallest absolute Gasteiger partial charge is 0.377 e. The molecule has 1 unspecified atom stereocenters. The van der Waals surface area contributed by atoms with E-state index in [1.165, 1.54) is 0 Å². The third kappa shape index (κ3) is 6.44. The van der Waals surface area contributed by atoms with Crippen LogP contribution in [0.4, 0.5) is 0 Å². The molecule has 0 aromatic carbocycles. The molecule has 0 bridgehead atoms. The molecule has 0 heterocycles. The highest BCUT2D eigenvalue weighted by atomic mass is 32.1. The van der Waals surface area contributed by atoms with E-state index in [0.717, 1.165) is 12.8 Å². The van der Waals surface area contributed by atoms with Crippen LogP contribution in [-0.2, 0) is 24.5 Å². The molecule has 0 saturated heterocycles. The average molecular weight is 238 g/mol. The van der Waals surface area contributed by atoms with Crippen molar-refractivity contribution in [3.63, 3.8) is 0 Å². The Bertz CT molecular complexity index is 196. The van der Waals surface area contributed by atoms with E-state index in [4.69, 9.17) is 13.3 Å². The summed E-state index contributed by atoms with van der Waals surface area (Å²) in [6.45, 7) is 4.95. The Morgan fingerprint density at radius 1 is 1.43 bits per heavy atom. The van der Waals surface area contributed by atoms with E-state index in [-0.39, 0.29) is 0 Å². The molecule has 0 aliphatic heterocycles. The van der Waals surface area contributed by atoms with Crippen molar-refractivity contribution >= 4 is 25.4 Å². The Kier molecular flexibility index (Phi) is 8.30. The second-order valence-corrected chi connectivity index (χ2v) is 5.99. The Morgan fingerprint density at radius 3 is 2.64 bits per heavy atom. The lowest BCUT2D eigenvalue weighted by Gasteiger charge is -2.23. The van der Waals surface area contributed by atoms with E-state index in [9.17, 15) is 4.21 Å². The van der Waals surface area contributed by atoms with E-state index in [2.05, 4.69) is 0 Å². The van der Waals surface area contributed by atoms with Gasteiger partial charge in [-0.1, -0.05) is 0 Å². The van der Waals surface area contributed by atoms with Crippen molar-refractivity contribution in [2.75, 3.05) is 20.3 Å². The highest BCUT2D eigenvalue weighted by molar-refractivity contribution is 7.64. The molecular weight excluding hydrogens is 220 g/mol. The minimum atomic E-state index is -2.38. The molecule has 0 radical (unpaired) electrons. The Morgan fingerprint density at radius 2 is 2.14 bits per heavy atom. The third-order valence-electron chi connectivity index (χ3n) is 1.68. The second-order valence-electron chi connectivity index (χ2n) is 2.75. The first-order valence-corrected chi connectivity index (χ1v) is 7.65. The molecule has 0 spiro atoms. The first-order valence-electron chi connectivity index (χ1n) is 4.62. The maximum absolute atomic E-state index is 10.0. The zero-order valence-corrected chi connectivity index (χ0v) is 10.8. The Labute approximate surface area is 90.0 Å². The first-order chi connectivity index (χ1) is 6.68. The maximum Gasteiger partial charge on any atom is 0.497 e. The van der Waals surface area contributed by atoms with Crippen LogP contribution in [0.2, 0.25) is 6.55 Å². The van der Waals surface area contributed by atoms with Gasteiger partial charge in [0.2, 0.25) is 0 Å². The topological polar surface area (TPSA) is 44.8 Å². The van der Waals surface area contributed by atoms with Gasteiger partial charge in [-0.25, -0.2) is 4.21 Å². The minimum Gasteiger partial charge on any atom is -0.377 e. The average Bonchev–Trinajstić information content (AvgIpc) is 2.18. The lowest BCUT2D eigenvalue weighted by atomic mass is 10.4. The molecule has 0 aliphatic rings. The molecule has 4 nitrogen and oxygen atoms in total. The lowest BCUT2D eigenvalue weighted by molar-refractivity contribution is 0.0885. The molecule has 0 N–H and O–H groups in total. The number of rotatable bonds is 8. The van der Waals surface area contributed by atoms with Crippen molar-refractivity contribution in [1.29, 1.82) is 0 Å². The fourth-order valence-corrected chi connectivity index (χ4v) is 2.52. The number of unbranched alkanes of at least 4 members (excludes halogenated alkanes) is 1. The normalized spacial score (nSPS) is 14.8. The molecule has 0 aromatic heterocycles. The largest absolute Gasteiger partial charge is 0.497 e. The summed E-state index contributed by atoms with van der Waals surface area (Å²) < 4.78 is 26.2. The van der Waals surface area contributed by atoms with Crippen molar-refractivity contribution in [3.8, 4) is 0 Å². The fraction of sp³-hybridized carbons (Fsp3) is 0.875. The van der Waals surface area contributed by atoms with E-state index in [1.54, 1.807) is 12.5 Å². The van der Waals surface area contributed by atoms with E-state index >= 15 is 0 Å². The molecule has 84 valence electrons. The van der Waals surface area contributed by atoms with Gasteiger partial charge in [0.15, 0.2) is 0 Å². The van der Waals surface area contributed by atoms with E-state index in [0.29, 0.717) is 24.5 Å².